The van der Waals surface area contributed by atoms with Gasteiger partial charge in [-0.05, 0) is 12.5 Å². The van der Waals surface area contributed by atoms with E-state index in [1.54, 1.807) is 0 Å². The Morgan fingerprint density at radius 3 is 2.42 bits per heavy atom. The first-order valence-corrected chi connectivity index (χ1v) is 7.58. The minimum atomic E-state index is -0.961. The molecular weight excluding hydrogens is 188 g/mol. The quantitative estimate of drug-likeness (QED) is 0.335. The highest BCUT2D eigenvalue weighted by atomic mass is 35.6. The van der Waals surface area contributed by atoms with Crippen LogP contribution in [0.15, 0.2) is 0 Å². The van der Waals surface area contributed by atoms with E-state index in [1.807, 2.05) is 0 Å². The van der Waals surface area contributed by atoms with Gasteiger partial charge in [0.15, 0.2) is 0 Å². The van der Waals surface area contributed by atoms with Gasteiger partial charge in [0.2, 0.25) is 0 Å². The molecule has 0 saturated heterocycles. The van der Waals surface area contributed by atoms with Crippen molar-refractivity contribution in [1.29, 1.82) is 0 Å². The SMILES string of the molecule is CCCCCC[Si](Cl)OCCC. The van der Waals surface area contributed by atoms with Crippen LogP contribution >= 0.6 is 11.1 Å². The van der Waals surface area contributed by atoms with Crippen molar-refractivity contribution in [2.75, 3.05) is 6.61 Å². The van der Waals surface area contributed by atoms with Crippen molar-refractivity contribution in [2.24, 2.45) is 0 Å². The summed E-state index contributed by atoms with van der Waals surface area (Å²) < 4.78 is 5.44. The molecule has 1 nitrogen and oxygen atoms in total. The second-order valence-corrected chi connectivity index (χ2v) is 5.78. The fourth-order valence-electron chi connectivity index (χ4n) is 0.976. The topological polar surface area (TPSA) is 9.23 Å². The Bertz CT molecular complexity index is 90.6. The Morgan fingerprint density at radius 2 is 1.83 bits per heavy atom. The monoisotopic (exact) mass is 207 g/mol. The molecular formula is C9H20ClOSi. The molecule has 0 saturated carbocycles. The Labute approximate surface area is 82.9 Å². The number of rotatable bonds is 8. The molecule has 73 valence electrons. The van der Waals surface area contributed by atoms with Gasteiger partial charge < -0.3 is 4.43 Å². The second kappa shape index (κ2) is 9.55. The molecule has 0 heterocycles. The molecule has 0 bridgehead atoms. The lowest BCUT2D eigenvalue weighted by molar-refractivity contribution is 0.328. The molecule has 0 atom stereocenters. The van der Waals surface area contributed by atoms with E-state index >= 15 is 0 Å². The minimum absolute atomic E-state index is 0.839. The van der Waals surface area contributed by atoms with E-state index in [1.165, 1.54) is 25.7 Å². The first-order valence-electron chi connectivity index (χ1n) is 4.95. The van der Waals surface area contributed by atoms with Gasteiger partial charge in [0.05, 0.1) is 0 Å². The van der Waals surface area contributed by atoms with E-state index in [2.05, 4.69) is 13.8 Å². The average Bonchev–Trinajstić information content (AvgIpc) is 2.09. The smallest absolute Gasteiger partial charge is 0.323 e. The van der Waals surface area contributed by atoms with Gasteiger partial charge in [0.25, 0.3) is 0 Å². The van der Waals surface area contributed by atoms with Crippen LogP contribution in [-0.4, -0.2) is 15.0 Å². The van der Waals surface area contributed by atoms with Crippen molar-refractivity contribution in [2.45, 2.75) is 52.0 Å². The van der Waals surface area contributed by atoms with E-state index in [-0.39, 0.29) is 0 Å². The van der Waals surface area contributed by atoms with Crippen molar-refractivity contribution in [3.63, 3.8) is 0 Å². The predicted octanol–water partition coefficient (Wildman–Crippen LogP) is 3.72. The summed E-state index contributed by atoms with van der Waals surface area (Å²) in [6.45, 7) is 5.18. The molecule has 0 aliphatic carbocycles. The number of unbranched alkanes of at least 4 members (excludes halogenated alkanes) is 3. The first kappa shape index (κ1) is 12.5. The lowest BCUT2D eigenvalue weighted by Gasteiger charge is -2.06. The van der Waals surface area contributed by atoms with Crippen LogP contribution in [0.25, 0.3) is 0 Å². The molecule has 3 heteroatoms. The normalized spacial score (nSPS) is 11.0. The summed E-state index contributed by atoms with van der Waals surface area (Å²) in [4.78, 5) is 0. The molecule has 0 aromatic heterocycles. The fourth-order valence-corrected chi connectivity index (χ4v) is 2.71. The van der Waals surface area contributed by atoms with Gasteiger partial charge in [0, 0.05) is 6.61 Å². The van der Waals surface area contributed by atoms with E-state index < -0.39 is 8.35 Å². The van der Waals surface area contributed by atoms with E-state index in [4.69, 9.17) is 15.5 Å². The van der Waals surface area contributed by atoms with Crippen LogP contribution in [0.4, 0.5) is 0 Å². The average molecular weight is 208 g/mol. The zero-order valence-corrected chi connectivity index (χ0v) is 9.99. The van der Waals surface area contributed by atoms with Crippen LogP contribution in [0.2, 0.25) is 6.04 Å². The minimum Gasteiger partial charge on any atom is -0.403 e. The Kier molecular flexibility index (Phi) is 9.93. The van der Waals surface area contributed by atoms with Crippen molar-refractivity contribution in [3.8, 4) is 0 Å². The maximum absolute atomic E-state index is 6.02. The van der Waals surface area contributed by atoms with Crippen LogP contribution in [-0.2, 0) is 4.43 Å². The lowest BCUT2D eigenvalue weighted by atomic mass is 10.2. The maximum Gasteiger partial charge on any atom is 0.323 e. The van der Waals surface area contributed by atoms with Gasteiger partial charge >= 0.3 is 8.35 Å². The van der Waals surface area contributed by atoms with Crippen molar-refractivity contribution in [3.05, 3.63) is 0 Å². The third-order valence-corrected chi connectivity index (χ3v) is 3.85. The molecule has 0 aliphatic heterocycles. The third-order valence-electron chi connectivity index (χ3n) is 1.69. The maximum atomic E-state index is 6.02. The zero-order valence-electron chi connectivity index (χ0n) is 8.24. The molecule has 0 N–H and O–H groups in total. The Morgan fingerprint density at radius 1 is 1.08 bits per heavy atom. The molecule has 0 fully saturated rings. The van der Waals surface area contributed by atoms with Crippen LogP contribution in [0, 0.1) is 0 Å². The van der Waals surface area contributed by atoms with Crippen molar-refractivity contribution < 1.29 is 4.43 Å². The Balaban J connectivity index is 3.02. The van der Waals surface area contributed by atoms with Crippen molar-refractivity contribution >= 4 is 19.4 Å². The Hall–Kier alpha value is 0.467. The standard InChI is InChI=1S/C9H20ClOSi/c1-3-5-6-7-9-12(10)11-8-4-2/h3-9H2,1-2H3. The first-order chi connectivity index (χ1) is 5.81. The zero-order chi connectivity index (χ0) is 9.23. The van der Waals surface area contributed by atoms with Gasteiger partial charge in [-0.2, -0.15) is 0 Å². The van der Waals surface area contributed by atoms with E-state index in [0.717, 1.165) is 19.1 Å². The van der Waals surface area contributed by atoms with Gasteiger partial charge in [0.1, 0.15) is 0 Å². The highest BCUT2D eigenvalue weighted by molar-refractivity contribution is 7.03. The van der Waals surface area contributed by atoms with Crippen LogP contribution in [0.1, 0.15) is 46.0 Å². The van der Waals surface area contributed by atoms with Crippen LogP contribution < -0.4 is 0 Å². The molecule has 0 unspecified atom stereocenters. The molecule has 0 amide bonds. The highest BCUT2D eigenvalue weighted by Crippen LogP contribution is 2.09. The van der Waals surface area contributed by atoms with Gasteiger partial charge in [-0.1, -0.05) is 39.5 Å². The summed E-state index contributed by atoms with van der Waals surface area (Å²) in [5.41, 5.74) is 0. The fraction of sp³-hybridized carbons (Fsp3) is 1.00. The molecule has 0 aromatic carbocycles. The van der Waals surface area contributed by atoms with Gasteiger partial charge in [-0.3, -0.25) is 0 Å². The number of hydrogen-bond acceptors (Lipinski definition) is 1. The summed E-state index contributed by atoms with van der Waals surface area (Å²) >= 11 is 6.02. The summed E-state index contributed by atoms with van der Waals surface area (Å²) in [5, 5.41) is 0. The predicted molar refractivity (Wildman–Crippen MR) is 56.8 cm³/mol. The third kappa shape index (κ3) is 8.56. The summed E-state index contributed by atoms with van der Waals surface area (Å²) in [5.74, 6) is 0. The number of halogens is 1. The van der Waals surface area contributed by atoms with Gasteiger partial charge in [-0.25, -0.2) is 0 Å². The molecule has 12 heavy (non-hydrogen) atoms. The molecule has 0 rings (SSSR count). The van der Waals surface area contributed by atoms with Gasteiger partial charge in [-0.15, -0.1) is 11.1 Å². The molecule has 0 aliphatic rings. The lowest BCUT2D eigenvalue weighted by Crippen LogP contribution is -2.10. The summed E-state index contributed by atoms with van der Waals surface area (Å²) in [7, 11) is -0.961. The molecule has 1 radical (unpaired) electrons. The van der Waals surface area contributed by atoms with E-state index in [0.29, 0.717) is 0 Å². The molecule has 0 spiro atoms. The summed E-state index contributed by atoms with van der Waals surface area (Å²) in [6, 6.07) is 1.10. The molecule has 0 aromatic rings. The largest absolute Gasteiger partial charge is 0.403 e. The second-order valence-electron chi connectivity index (χ2n) is 3.01. The highest BCUT2D eigenvalue weighted by Gasteiger charge is 2.07. The van der Waals surface area contributed by atoms with E-state index in [9.17, 15) is 0 Å². The van der Waals surface area contributed by atoms with Crippen LogP contribution in [0.5, 0.6) is 0 Å². The van der Waals surface area contributed by atoms with Crippen LogP contribution in [0.3, 0.4) is 0 Å². The summed E-state index contributed by atoms with van der Waals surface area (Å²) in [6.07, 6.45) is 6.26. The van der Waals surface area contributed by atoms with Crippen molar-refractivity contribution in [1.82, 2.24) is 0 Å². The number of hydrogen-bond donors (Lipinski definition) is 0.